The van der Waals surface area contributed by atoms with Gasteiger partial charge in [0.1, 0.15) is 0 Å². The van der Waals surface area contributed by atoms with E-state index in [0.717, 1.165) is 11.1 Å². The van der Waals surface area contributed by atoms with Gasteiger partial charge in [-0.25, -0.2) is 0 Å². The van der Waals surface area contributed by atoms with Crippen molar-refractivity contribution in [2.45, 2.75) is 27.7 Å². The minimum absolute atomic E-state index is 0.170. The molecule has 0 aromatic heterocycles. The topological polar surface area (TPSA) is 17.1 Å². The average molecular weight is 202 g/mol. The summed E-state index contributed by atoms with van der Waals surface area (Å²) in [7, 11) is 0. The van der Waals surface area contributed by atoms with E-state index in [1.165, 1.54) is 0 Å². The molecule has 0 unspecified atom stereocenters. The molecule has 0 atom stereocenters. The molecule has 1 aromatic carbocycles. The van der Waals surface area contributed by atoms with Gasteiger partial charge in [-0.2, -0.15) is 0 Å². The molecule has 1 aromatic rings. The van der Waals surface area contributed by atoms with Gasteiger partial charge in [0.2, 0.25) is 0 Å². The van der Waals surface area contributed by atoms with E-state index < -0.39 is 0 Å². The smallest absolute Gasteiger partial charge is 0.161 e. The fraction of sp³-hybridized carbons (Fsp3) is 0.357. The quantitative estimate of drug-likeness (QED) is 0.668. The van der Waals surface area contributed by atoms with Crippen molar-refractivity contribution in [3.63, 3.8) is 0 Å². The lowest BCUT2D eigenvalue weighted by Gasteiger charge is -2.14. The molecule has 0 aliphatic heterocycles. The Kier molecular flexibility index (Phi) is 3.46. The van der Waals surface area contributed by atoms with Crippen LogP contribution in [0.1, 0.15) is 33.3 Å². The Balaban J connectivity index is 2.91. The molecule has 0 heterocycles. The highest BCUT2D eigenvalue weighted by Gasteiger charge is 2.18. The summed E-state index contributed by atoms with van der Waals surface area (Å²) < 4.78 is 0. The number of ketones is 1. The molecular formula is C14H18O. The van der Waals surface area contributed by atoms with Crippen molar-refractivity contribution in [3.8, 4) is 0 Å². The third kappa shape index (κ3) is 3.35. The van der Waals surface area contributed by atoms with Crippen LogP contribution in [0.5, 0.6) is 0 Å². The first kappa shape index (κ1) is 11.7. The Morgan fingerprint density at radius 3 is 2.13 bits per heavy atom. The van der Waals surface area contributed by atoms with Gasteiger partial charge in [-0.3, -0.25) is 4.79 Å². The molecule has 80 valence electrons. The van der Waals surface area contributed by atoms with Gasteiger partial charge in [0.05, 0.1) is 0 Å². The van der Waals surface area contributed by atoms with E-state index in [0.29, 0.717) is 0 Å². The zero-order valence-electron chi connectivity index (χ0n) is 9.87. The van der Waals surface area contributed by atoms with Crippen LogP contribution in [-0.2, 0) is 4.79 Å². The predicted molar refractivity (Wildman–Crippen MR) is 64.6 cm³/mol. The summed E-state index contributed by atoms with van der Waals surface area (Å²) in [5.74, 6) is 0.170. The van der Waals surface area contributed by atoms with E-state index in [1.807, 2.05) is 58.0 Å². The Bertz CT molecular complexity index is 366. The van der Waals surface area contributed by atoms with Gasteiger partial charge in [-0.15, -0.1) is 0 Å². The van der Waals surface area contributed by atoms with E-state index >= 15 is 0 Å². The third-order valence-corrected chi connectivity index (χ3v) is 2.32. The van der Waals surface area contributed by atoms with Crippen molar-refractivity contribution in [1.82, 2.24) is 0 Å². The Labute approximate surface area is 91.8 Å². The van der Waals surface area contributed by atoms with Crippen LogP contribution >= 0.6 is 0 Å². The van der Waals surface area contributed by atoms with Crippen LogP contribution < -0.4 is 0 Å². The van der Waals surface area contributed by atoms with Crippen LogP contribution in [0.4, 0.5) is 0 Å². The molecule has 0 aliphatic rings. The Morgan fingerprint density at radius 2 is 1.67 bits per heavy atom. The summed E-state index contributed by atoms with van der Waals surface area (Å²) in [6, 6.07) is 9.97. The van der Waals surface area contributed by atoms with E-state index in [4.69, 9.17) is 0 Å². The third-order valence-electron chi connectivity index (χ3n) is 2.32. The first-order chi connectivity index (χ1) is 6.91. The van der Waals surface area contributed by atoms with Gasteiger partial charge in [-0.1, -0.05) is 51.1 Å². The van der Waals surface area contributed by atoms with E-state index in [2.05, 4.69) is 0 Å². The van der Waals surface area contributed by atoms with E-state index in [9.17, 15) is 4.79 Å². The molecule has 1 heteroatoms. The number of hydrogen-bond donors (Lipinski definition) is 0. The first-order valence-corrected chi connectivity index (χ1v) is 5.19. The van der Waals surface area contributed by atoms with Gasteiger partial charge in [0.25, 0.3) is 0 Å². The molecule has 0 amide bonds. The lowest BCUT2D eigenvalue weighted by Crippen LogP contribution is -2.17. The normalized spacial score (nSPS) is 12.7. The standard InChI is InChI=1S/C14H18O/c1-11(10-13(15)14(2,3)4)12-8-6-5-7-9-12/h5-10H,1-4H3. The van der Waals surface area contributed by atoms with Crippen LogP contribution in [0, 0.1) is 5.41 Å². The molecule has 0 saturated heterocycles. The average Bonchev–Trinajstić information content (AvgIpc) is 2.17. The molecule has 0 bridgehead atoms. The predicted octanol–water partition coefficient (Wildman–Crippen LogP) is 3.71. The fourth-order valence-corrected chi connectivity index (χ4v) is 1.20. The Morgan fingerprint density at radius 1 is 1.13 bits per heavy atom. The van der Waals surface area contributed by atoms with Crippen LogP contribution in [0.2, 0.25) is 0 Å². The maximum atomic E-state index is 11.8. The lowest BCUT2D eigenvalue weighted by molar-refractivity contribution is -0.121. The lowest BCUT2D eigenvalue weighted by atomic mass is 9.89. The van der Waals surface area contributed by atoms with Crippen LogP contribution in [-0.4, -0.2) is 5.78 Å². The van der Waals surface area contributed by atoms with E-state index in [-0.39, 0.29) is 11.2 Å². The molecule has 0 radical (unpaired) electrons. The number of carbonyl (C=O) groups excluding carboxylic acids is 1. The first-order valence-electron chi connectivity index (χ1n) is 5.19. The summed E-state index contributed by atoms with van der Waals surface area (Å²) in [6.45, 7) is 7.78. The highest BCUT2D eigenvalue weighted by molar-refractivity contribution is 5.99. The second kappa shape index (κ2) is 4.43. The second-order valence-corrected chi connectivity index (χ2v) is 4.81. The zero-order chi connectivity index (χ0) is 11.5. The van der Waals surface area contributed by atoms with Crippen LogP contribution in [0.3, 0.4) is 0 Å². The van der Waals surface area contributed by atoms with Crippen LogP contribution in [0.15, 0.2) is 36.4 Å². The molecule has 1 rings (SSSR count). The number of hydrogen-bond acceptors (Lipinski definition) is 1. The molecular weight excluding hydrogens is 184 g/mol. The van der Waals surface area contributed by atoms with Gasteiger partial charge in [0.15, 0.2) is 5.78 Å². The van der Waals surface area contributed by atoms with Crippen molar-refractivity contribution in [1.29, 1.82) is 0 Å². The highest BCUT2D eigenvalue weighted by Crippen LogP contribution is 2.19. The highest BCUT2D eigenvalue weighted by atomic mass is 16.1. The van der Waals surface area contributed by atoms with Gasteiger partial charge in [-0.05, 0) is 24.1 Å². The minimum atomic E-state index is -0.296. The van der Waals surface area contributed by atoms with Crippen molar-refractivity contribution >= 4 is 11.4 Å². The van der Waals surface area contributed by atoms with Crippen molar-refractivity contribution in [2.24, 2.45) is 5.41 Å². The van der Waals surface area contributed by atoms with Gasteiger partial charge < -0.3 is 0 Å². The Hall–Kier alpha value is -1.37. The van der Waals surface area contributed by atoms with Gasteiger partial charge >= 0.3 is 0 Å². The second-order valence-electron chi connectivity index (χ2n) is 4.81. The van der Waals surface area contributed by atoms with Crippen LogP contribution in [0.25, 0.3) is 5.57 Å². The molecule has 0 aliphatic carbocycles. The van der Waals surface area contributed by atoms with Crippen molar-refractivity contribution < 1.29 is 4.79 Å². The maximum Gasteiger partial charge on any atom is 0.161 e. The molecule has 0 spiro atoms. The summed E-state index contributed by atoms with van der Waals surface area (Å²) in [6.07, 6.45) is 1.73. The number of benzene rings is 1. The molecule has 0 N–H and O–H groups in total. The summed E-state index contributed by atoms with van der Waals surface area (Å²) in [4.78, 5) is 11.8. The maximum absolute atomic E-state index is 11.8. The molecule has 0 fully saturated rings. The number of carbonyl (C=O) groups is 1. The number of allylic oxidation sites excluding steroid dienone is 2. The summed E-state index contributed by atoms with van der Waals surface area (Å²) in [5, 5.41) is 0. The van der Waals surface area contributed by atoms with Crippen molar-refractivity contribution in [2.75, 3.05) is 0 Å². The van der Waals surface area contributed by atoms with Gasteiger partial charge in [0, 0.05) is 5.41 Å². The molecule has 1 nitrogen and oxygen atoms in total. The minimum Gasteiger partial charge on any atom is -0.294 e. The fourth-order valence-electron chi connectivity index (χ4n) is 1.20. The molecule has 0 saturated carbocycles. The monoisotopic (exact) mass is 202 g/mol. The van der Waals surface area contributed by atoms with E-state index in [1.54, 1.807) is 6.08 Å². The summed E-state index contributed by atoms with van der Waals surface area (Å²) in [5.41, 5.74) is 1.83. The summed E-state index contributed by atoms with van der Waals surface area (Å²) >= 11 is 0. The largest absolute Gasteiger partial charge is 0.294 e. The zero-order valence-corrected chi connectivity index (χ0v) is 9.87. The SMILES string of the molecule is CC(=CC(=O)C(C)(C)C)c1ccccc1. The number of rotatable bonds is 2. The molecule has 15 heavy (non-hydrogen) atoms. The van der Waals surface area contributed by atoms with Crippen molar-refractivity contribution in [3.05, 3.63) is 42.0 Å².